The van der Waals surface area contributed by atoms with Gasteiger partial charge >= 0.3 is 0 Å². The third kappa shape index (κ3) is 3.14. The van der Waals surface area contributed by atoms with Crippen molar-refractivity contribution in [1.82, 2.24) is 10.3 Å². The molecule has 3 aromatic rings. The number of aromatic nitrogens is 1. The Morgan fingerprint density at radius 3 is 2.36 bits per heavy atom. The molecule has 0 aliphatic carbocycles. The normalized spacial score (nSPS) is 12.8. The van der Waals surface area contributed by atoms with Gasteiger partial charge in [-0.3, -0.25) is 4.79 Å². The van der Waals surface area contributed by atoms with Crippen molar-refractivity contribution in [3.05, 3.63) is 75.7 Å². The van der Waals surface area contributed by atoms with Gasteiger partial charge in [-0.15, -0.1) is 11.3 Å². The van der Waals surface area contributed by atoms with Gasteiger partial charge in [-0.2, -0.15) is 0 Å². The van der Waals surface area contributed by atoms with E-state index in [4.69, 9.17) is 10.5 Å². The van der Waals surface area contributed by atoms with Crippen molar-refractivity contribution in [2.75, 3.05) is 0 Å². The summed E-state index contributed by atoms with van der Waals surface area (Å²) < 4.78 is 5.95. The van der Waals surface area contributed by atoms with E-state index in [1.165, 1.54) is 11.3 Å². The number of hydrogen-bond acceptors (Lipinski definition) is 5. The highest BCUT2D eigenvalue weighted by Gasteiger charge is 2.28. The highest BCUT2D eigenvalue weighted by atomic mass is 32.1. The molecule has 3 N–H and O–H groups in total. The Labute approximate surface area is 149 Å². The summed E-state index contributed by atoms with van der Waals surface area (Å²) in [5.74, 6) is 1.46. The van der Waals surface area contributed by atoms with Crippen molar-refractivity contribution < 1.29 is 9.53 Å². The molecule has 1 aromatic heterocycles. The molecule has 4 rings (SSSR count). The van der Waals surface area contributed by atoms with E-state index in [2.05, 4.69) is 10.3 Å². The van der Waals surface area contributed by atoms with E-state index in [1.807, 2.05) is 53.9 Å². The molecule has 1 amide bonds. The molecule has 0 fully saturated rings. The lowest BCUT2D eigenvalue weighted by Gasteiger charge is -2.28. The first-order valence-electron chi connectivity index (χ1n) is 8.03. The van der Waals surface area contributed by atoms with E-state index in [9.17, 15) is 4.79 Å². The second-order valence-corrected chi connectivity index (χ2v) is 6.73. The number of benzene rings is 2. The summed E-state index contributed by atoms with van der Waals surface area (Å²) in [4.78, 5) is 16.9. The number of amides is 1. The quantitative estimate of drug-likeness (QED) is 0.757. The third-order valence-corrected chi connectivity index (χ3v) is 5.02. The van der Waals surface area contributed by atoms with Gasteiger partial charge in [0, 0.05) is 23.1 Å². The molecule has 126 valence electrons. The predicted octanol–water partition coefficient (Wildman–Crippen LogP) is 3.16. The van der Waals surface area contributed by atoms with E-state index < -0.39 is 0 Å². The van der Waals surface area contributed by atoms with Crippen LogP contribution in [0.15, 0.2) is 53.9 Å². The van der Waals surface area contributed by atoms with Crippen molar-refractivity contribution in [3.63, 3.8) is 0 Å². The Morgan fingerprint density at radius 2 is 1.76 bits per heavy atom. The van der Waals surface area contributed by atoms with Crippen LogP contribution < -0.4 is 15.8 Å². The minimum Gasteiger partial charge on any atom is -0.457 e. The molecule has 0 radical (unpaired) electrons. The lowest BCUT2D eigenvalue weighted by Crippen LogP contribution is -2.32. The van der Waals surface area contributed by atoms with Crippen molar-refractivity contribution >= 4 is 17.2 Å². The molecule has 0 saturated heterocycles. The maximum atomic E-state index is 12.6. The fraction of sp³-hybridized carbons (Fsp3) is 0.158. The fourth-order valence-electron chi connectivity index (χ4n) is 2.97. The zero-order valence-corrected chi connectivity index (χ0v) is 14.3. The fourth-order valence-corrected chi connectivity index (χ4v) is 3.64. The molecule has 0 spiro atoms. The van der Waals surface area contributed by atoms with Crippen LogP contribution in [0.1, 0.15) is 27.9 Å². The van der Waals surface area contributed by atoms with Gasteiger partial charge in [0.1, 0.15) is 16.5 Å². The van der Waals surface area contributed by atoms with Crippen LogP contribution in [0.5, 0.6) is 11.5 Å². The number of carbonyl (C=O) groups is 1. The Kier molecular flexibility index (Phi) is 4.21. The minimum absolute atomic E-state index is 0.0784. The standard InChI is InChI=1S/C19H17N3O2S/c20-10-18-21-12(11-25-18)9-17(23)22-19-13-5-1-3-7-15(13)24-16-8-4-2-6-14(16)19/h1-8,11,19H,9-10,20H2,(H,22,23). The van der Waals surface area contributed by atoms with Gasteiger partial charge in [-0.25, -0.2) is 4.98 Å². The number of rotatable bonds is 4. The second kappa shape index (κ2) is 6.66. The summed E-state index contributed by atoms with van der Waals surface area (Å²) in [5, 5.41) is 5.84. The van der Waals surface area contributed by atoms with Crippen LogP contribution in [0.3, 0.4) is 0 Å². The van der Waals surface area contributed by atoms with Crippen LogP contribution in [0, 0.1) is 0 Å². The topological polar surface area (TPSA) is 77.2 Å². The number of hydrogen-bond donors (Lipinski definition) is 2. The van der Waals surface area contributed by atoms with Crippen LogP contribution in [0.2, 0.25) is 0 Å². The number of fused-ring (bicyclic) bond motifs is 2. The Hall–Kier alpha value is -2.70. The third-order valence-electron chi connectivity index (χ3n) is 4.10. The molecule has 0 unspecified atom stereocenters. The lowest BCUT2D eigenvalue weighted by molar-refractivity contribution is -0.121. The molecule has 0 atom stereocenters. The van der Waals surface area contributed by atoms with Gasteiger partial charge in [-0.1, -0.05) is 36.4 Å². The average Bonchev–Trinajstić information content (AvgIpc) is 3.09. The maximum Gasteiger partial charge on any atom is 0.226 e. The summed E-state index contributed by atoms with van der Waals surface area (Å²) in [6.45, 7) is 0.396. The monoisotopic (exact) mass is 351 g/mol. The molecular weight excluding hydrogens is 334 g/mol. The molecule has 1 aliphatic heterocycles. The number of para-hydroxylation sites is 2. The Morgan fingerprint density at radius 1 is 1.12 bits per heavy atom. The first-order valence-corrected chi connectivity index (χ1v) is 8.91. The van der Waals surface area contributed by atoms with Gasteiger partial charge < -0.3 is 15.8 Å². The van der Waals surface area contributed by atoms with E-state index in [0.29, 0.717) is 6.54 Å². The first-order chi connectivity index (χ1) is 12.2. The number of nitrogens with two attached hydrogens (primary N) is 1. The van der Waals surface area contributed by atoms with Crippen LogP contribution in [-0.2, 0) is 17.8 Å². The van der Waals surface area contributed by atoms with E-state index in [-0.39, 0.29) is 18.4 Å². The van der Waals surface area contributed by atoms with Gasteiger partial charge in [0.25, 0.3) is 0 Å². The number of nitrogens with zero attached hydrogens (tertiary/aromatic N) is 1. The number of thiazole rings is 1. The van der Waals surface area contributed by atoms with E-state index in [1.54, 1.807) is 0 Å². The van der Waals surface area contributed by atoms with Gasteiger partial charge in [0.2, 0.25) is 5.91 Å². The maximum absolute atomic E-state index is 12.6. The van der Waals surface area contributed by atoms with Gasteiger partial charge in [-0.05, 0) is 12.1 Å². The number of carbonyl (C=O) groups excluding carboxylic acids is 1. The molecule has 25 heavy (non-hydrogen) atoms. The second-order valence-electron chi connectivity index (χ2n) is 5.79. The van der Waals surface area contributed by atoms with Crippen molar-refractivity contribution in [2.24, 2.45) is 5.73 Å². The number of nitrogens with one attached hydrogen (secondary N) is 1. The van der Waals surface area contributed by atoms with E-state index >= 15 is 0 Å². The smallest absolute Gasteiger partial charge is 0.226 e. The summed E-state index contributed by atoms with van der Waals surface area (Å²) in [7, 11) is 0. The van der Waals surface area contributed by atoms with Gasteiger partial charge in [0.05, 0.1) is 18.2 Å². The van der Waals surface area contributed by atoms with Crippen molar-refractivity contribution in [2.45, 2.75) is 19.0 Å². The van der Waals surface area contributed by atoms with Crippen molar-refractivity contribution in [3.8, 4) is 11.5 Å². The average molecular weight is 351 g/mol. The molecule has 0 saturated carbocycles. The summed E-state index contributed by atoms with van der Waals surface area (Å²) >= 11 is 1.48. The van der Waals surface area contributed by atoms with Crippen molar-refractivity contribution in [1.29, 1.82) is 0 Å². The molecule has 2 heterocycles. The lowest BCUT2D eigenvalue weighted by atomic mass is 9.94. The summed E-state index contributed by atoms with van der Waals surface area (Å²) in [5.41, 5.74) is 8.24. The largest absolute Gasteiger partial charge is 0.457 e. The van der Waals surface area contributed by atoms with Crippen LogP contribution in [0.25, 0.3) is 0 Å². The van der Waals surface area contributed by atoms with Gasteiger partial charge in [0.15, 0.2) is 0 Å². The molecule has 2 aromatic carbocycles. The predicted molar refractivity (Wildman–Crippen MR) is 96.7 cm³/mol. The zero-order valence-electron chi connectivity index (χ0n) is 13.4. The molecule has 1 aliphatic rings. The Bertz CT molecular complexity index is 877. The first kappa shape index (κ1) is 15.8. The number of ether oxygens (including phenoxy) is 1. The highest BCUT2D eigenvalue weighted by Crippen LogP contribution is 2.42. The van der Waals surface area contributed by atoms with Crippen LogP contribution in [-0.4, -0.2) is 10.9 Å². The summed E-state index contributed by atoms with van der Waals surface area (Å²) in [6, 6.07) is 15.3. The zero-order chi connectivity index (χ0) is 17.2. The molecular formula is C19H17N3O2S. The minimum atomic E-state index is -0.235. The molecule has 0 bridgehead atoms. The molecule has 5 nitrogen and oxygen atoms in total. The van der Waals surface area contributed by atoms with E-state index in [0.717, 1.165) is 33.3 Å². The SMILES string of the molecule is NCc1nc(CC(=O)NC2c3ccccc3Oc3ccccc32)cs1. The highest BCUT2D eigenvalue weighted by molar-refractivity contribution is 7.09. The Balaban J connectivity index is 1.60. The summed E-state index contributed by atoms with van der Waals surface area (Å²) in [6.07, 6.45) is 0.234. The molecule has 6 heteroatoms. The van der Waals surface area contributed by atoms with Crippen LogP contribution >= 0.6 is 11.3 Å². The van der Waals surface area contributed by atoms with Crippen LogP contribution in [0.4, 0.5) is 0 Å².